The fraction of sp³-hybridized carbons (Fsp3) is 0.909. The van der Waals surface area contributed by atoms with Crippen LogP contribution in [0.15, 0.2) is 0 Å². The Labute approximate surface area is 87.2 Å². The Kier molecular flexibility index (Phi) is 10.1. The van der Waals surface area contributed by atoms with Crippen molar-refractivity contribution in [3.05, 3.63) is 0 Å². The van der Waals surface area contributed by atoms with E-state index in [0.717, 1.165) is 25.9 Å². The lowest BCUT2D eigenvalue weighted by Gasteiger charge is -2.03. The summed E-state index contributed by atoms with van der Waals surface area (Å²) in [6, 6.07) is 0. The lowest BCUT2D eigenvalue weighted by Crippen LogP contribution is -2.16. The predicted molar refractivity (Wildman–Crippen MR) is 58.3 cm³/mol. The van der Waals surface area contributed by atoms with Gasteiger partial charge in [0.05, 0.1) is 7.11 Å². The molecule has 0 saturated heterocycles. The first-order valence-corrected chi connectivity index (χ1v) is 5.58. The minimum absolute atomic E-state index is 0.101. The van der Waals surface area contributed by atoms with Gasteiger partial charge in [0.1, 0.15) is 0 Å². The molecule has 3 heteroatoms. The smallest absolute Gasteiger partial charge is 0.305 e. The summed E-state index contributed by atoms with van der Waals surface area (Å²) >= 11 is 0. The second-order valence-corrected chi connectivity index (χ2v) is 3.49. The summed E-state index contributed by atoms with van der Waals surface area (Å²) in [5, 5.41) is 3.36. The molecular weight excluding hydrogens is 178 g/mol. The summed E-state index contributed by atoms with van der Waals surface area (Å²) in [6.45, 7) is 4.32. The quantitative estimate of drug-likeness (QED) is 0.458. The maximum absolute atomic E-state index is 10.7. The normalized spacial score (nSPS) is 10.1. The molecule has 0 rings (SSSR count). The van der Waals surface area contributed by atoms with E-state index >= 15 is 0 Å². The highest BCUT2D eigenvalue weighted by atomic mass is 16.5. The van der Waals surface area contributed by atoms with Gasteiger partial charge in [-0.25, -0.2) is 0 Å². The average Bonchev–Trinajstić information content (AvgIpc) is 2.21. The highest BCUT2D eigenvalue weighted by Gasteiger charge is 1.98. The van der Waals surface area contributed by atoms with E-state index < -0.39 is 0 Å². The zero-order valence-corrected chi connectivity index (χ0v) is 9.47. The van der Waals surface area contributed by atoms with E-state index in [1.165, 1.54) is 26.4 Å². The molecule has 0 unspecified atom stereocenters. The van der Waals surface area contributed by atoms with Gasteiger partial charge in [0.15, 0.2) is 0 Å². The van der Waals surface area contributed by atoms with Gasteiger partial charge >= 0.3 is 5.97 Å². The van der Waals surface area contributed by atoms with Crippen LogP contribution in [0.2, 0.25) is 0 Å². The third-order valence-corrected chi connectivity index (χ3v) is 2.17. The fourth-order valence-corrected chi connectivity index (χ4v) is 1.25. The third-order valence-electron chi connectivity index (χ3n) is 2.17. The van der Waals surface area contributed by atoms with Crippen molar-refractivity contribution in [2.24, 2.45) is 0 Å². The van der Waals surface area contributed by atoms with E-state index in [1.54, 1.807) is 0 Å². The van der Waals surface area contributed by atoms with Gasteiger partial charge in [0.2, 0.25) is 0 Å². The van der Waals surface area contributed by atoms with E-state index in [1.807, 2.05) is 0 Å². The van der Waals surface area contributed by atoms with E-state index in [0.29, 0.717) is 6.42 Å². The molecule has 0 radical (unpaired) electrons. The first-order valence-electron chi connectivity index (χ1n) is 5.58. The minimum Gasteiger partial charge on any atom is -0.469 e. The molecule has 0 spiro atoms. The lowest BCUT2D eigenvalue weighted by atomic mass is 10.2. The van der Waals surface area contributed by atoms with Crippen molar-refractivity contribution < 1.29 is 9.53 Å². The number of ether oxygens (including phenoxy) is 1. The summed E-state index contributed by atoms with van der Waals surface area (Å²) in [5.41, 5.74) is 0. The molecule has 0 bridgehead atoms. The first-order chi connectivity index (χ1) is 6.81. The first kappa shape index (κ1) is 13.4. The van der Waals surface area contributed by atoms with E-state index in [4.69, 9.17) is 0 Å². The molecule has 0 saturated carbocycles. The number of unbranched alkanes of at least 4 members (excludes halogenated alkanes) is 3. The molecule has 0 aromatic carbocycles. The second kappa shape index (κ2) is 10.5. The van der Waals surface area contributed by atoms with Crippen LogP contribution in [0.3, 0.4) is 0 Å². The number of hydrogen-bond donors (Lipinski definition) is 1. The van der Waals surface area contributed by atoms with Gasteiger partial charge in [0, 0.05) is 6.42 Å². The van der Waals surface area contributed by atoms with Crippen LogP contribution in [0.1, 0.15) is 45.4 Å². The van der Waals surface area contributed by atoms with Gasteiger partial charge in [-0.1, -0.05) is 19.8 Å². The summed E-state index contributed by atoms with van der Waals surface area (Å²) in [5.74, 6) is -0.101. The number of rotatable bonds is 9. The highest BCUT2D eigenvalue weighted by molar-refractivity contribution is 5.68. The third kappa shape index (κ3) is 9.52. The molecule has 0 atom stereocenters. The topological polar surface area (TPSA) is 38.3 Å². The van der Waals surface area contributed by atoms with Gasteiger partial charge < -0.3 is 10.1 Å². The molecule has 84 valence electrons. The van der Waals surface area contributed by atoms with Crippen molar-refractivity contribution >= 4 is 5.97 Å². The van der Waals surface area contributed by atoms with Crippen LogP contribution < -0.4 is 5.32 Å². The summed E-state index contributed by atoms with van der Waals surface area (Å²) < 4.78 is 4.55. The molecule has 0 heterocycles. The summed E-state index contributed by atoms with van der Waals surface area (Å²) in [4.78, 5) is 10.7. The molecule has 0 fully saturated rings. The summed E-state index contributed by atoms with van der Waals surface area (Å²) in [6.07, 6.45) is 6.36. The molecule has 0 aliphatic rings. The van der Waals surface area contributed by atoms with E-state index in [-0.39, 0.29) is 5.97 Å². The van der Waals surface area contributed by atoms with Gasteiger partial charge in [-0.3, -0.25) is 4.79 Å². The minimum atomic E-state index is -0.101. The number of carbonyl (C=O) groups excluding carboxylic acids is 1. The van der Waals surface area contributed by atoms with Crippen LogP contribution in [0.4, 0.5) is 0 Å². The Morgan fingerprint density at radius 1 is 1.14 bits per heavy atom. The van der Waals surface area contributed by atoms with E-state index in [9.17, 15) is 4.79 Å². The molecule has 14 heavy (non-hydrogen) atoms. The van der Waals surface area contributed by atoms with Crippen LogP contribution in [-0.4, -0.2) is 26.2 Å². The Morgan fingerprint density at radius 3 is 2.36 bits per heavy atom. The van der Waals surface area contributed by atoms with Gasteiger partial charge in [-0.15, -0.1) is 0 Å². The lowest BCUT2D eigenvalue weighted by molar-refractivity contribution is -0.140. The maximum atomic E-state index is 10.7. The molecule has 0 aliphatic heterocycles. The fourth-order valence-electron chi connectivity index (χ4n) is 1.25. The number of carbonyl (C=O) groups is 1. The number of methoxy groups -OCH3 is 1. The van der Waals surface area contributed by atoms with Crippen molar-refractivity contribution in [1.29, 1.82) is 0 Å². The summed E-state index contributed by atoms with van der Waals surface area (Å²) in [7, 11) is 1.44. The van der Waals surface area contributed by atoms with Gasteiger partial charge in [0.25, 0.3) is 0 Å². The standard InChI is InChI=1S/C11H23NO2/c1-3-4-6-9-12-10-7-5-8-11(13)14-2/h12H,3-10H2,1-2H3. The molecule has 0 aromatic rings. The molecule has 0 amide bonds. The van der Waals surface area contributed by atoms with E-state index in [2.05, 4.69) is 17.0 Å². The highest BCUT2D eigenvalue weighted by Crippen LogP contribution is 1.96. The molecule has 1 N–H and O–H groups in total. The van der Waals surface area contributed by atoms with Crippen molar-refractivity contribution in [3.63, 3.8) is 0 Å². The number of hydrogen-bond acceptors (Lipinski definition) is 3. The monoisotopic (exact) mass is 201 g/mol. The Balaban J connectivity index is 2.95. The Hall–Kier alpha value is -0.570. The maximum Gasteiger partial charge on any atom is 0.305 e. The van der Waals surface area contributed by atoms with Crippen LogP contribution >= 0.6 is 0 Å². The number of esters is 1. The van der Waals surface area contributed by atoms with Crippen LogP contribution in [0.5, 0.6) is 0 Å². The van der Waals surface area contributed by atoms with Crippen LogP contribution in [-0.2, 0) is 9.53 Å². The Morgan fingerprint density at radius 2 is 1.79 bits per heavy atom. The molecule has 0 aliphatic carbocycles. The van der Waals surface area contributed by atoms with Crippen LogP contribution in [0.25, 0.3) is 0 Å². The number of nitrogens with one attached hydrogen (secondary N) is 1. The van der Waals surface area contributed by atoms with Crippen molar-refractivity contribution in [2.75, 3.05) is 20.2 Å². The van der Waals surface area contributed by atoms with Crippen molar-refractivity contribution in [1.82, 2.24) is 5.32 Å². The largest absolute Gasteiger partial charge is 0.469 e. The average molecular weight is 201 g/mol. The SMILES string of the molecule is CCCCCNCCCCC(=O)OC. The Bertz CT molecular complexity index is 137. The predicted octanol–water partition coefficient (Wildman–Crippen LogP) is 2.11. The van der Waals surface area contributed by atoms with Crippen molar-refractivity contribution in [2.45, 2.75) is 45.4 Å². The molecule has 3 nitrogen and oxygen atoms in total. The molecule has 0 aromatic heterocycles. The van der Waals surface area contributed by atoms with Crippen molar-refractivity contribution in [3.8, 4) is 0 Å². The molecular formula is C11H23NO2. The van der Waals surface area contributed by atoms with Gasteiger partial charge in [-0.05, 0) is 32.4 Å². The zero-order valence-electron chi connectivity index (χ0n) is 9.47. The second-order valence-electron chi connectivity index (χ2n) is 3.49. The zero-order chi connectivity index (χ0) is 10.6. The van der Waals surface area contributed by atoms with Gasteiger partial charge in [-0.2, -0.15) is 0 Å². The van der Waals surface area contributed by atoms with Crippen LogP contribution in [0, 0.1) is 0 Å².